The Kier molecular flexibility index (Phi) is 5.04. The van der Waals surface area contributed by atoms with Crippen LogP contribution in [0, 0.1) is 17.8 Å². The lowest BCUT2D eigenvalue weighted by atomic mass is 9.91. The normalized spacial score (nSPS) is 31.9. The third-order valence-electron chi connectivity index (χ3n) is 4.83. The molecule has 0 aromatic carbocycles. The minimum Gasteiger partial charge on any atom is -0.353 e. The van der Waals surface area contributed by atoms with Gasteiger partial charge in [-0.15, -0.1) is 0 Å². The first-order valence-electron chi connectivity index (χ1n) is 7.69. The van der Waals surface area contributed by atoms with E-state index >= 15 is 0 Å². The fourth-order valence-corrected chi connectivity index (χ4v) is 3.42. The van der Waals surface area contributed by atoms with Crippen LogP contribution in [0.5, 0.6) is 0 Å². The molecule has 1 saturated heterocycles. The van der Waals surface area contributed by atoms with Crippen LogP contribution in [0.4, 0.5) is 0 Å². The lowest BCUT2D eigenvalue weighted by Gasteiger charge is -2.25. The van der Waals surface area contributed by atoms with Crippen molar-refractivity contribution in [1.29, 1.82) is 0 Å². The highest BCUT2D eigenvalue weighted by Crippen LogP contribution is 2.26. The molecule has 0 aromatic rings. The van der Waals surface area contributed by atoms with E-state index in [1.165, 1.54) is 38.5 Å². The SMILES string of the molecule is CC1CNCC1C(=O)N[C@H](C)C1CCCCCC1. The van der Waals surface area contributed by atoms with Crippen LogP contribution in [-0.2, 0) is 4.79 Å². The van der Waals surface area contributed by atoms with Crippen molar-refractivity contribution < 1.29 is 4.79 Å². The Morgan fingerprint density at radius 1 is 1.17 bits per heavy atom. The van der Waals surface area contributed by atoms with Crippen molar-refractivity contribution in [3.05, 3.63) is 0 Å². The minimum atomic E-state index is 0.179. The van der Waals surface area contributed by atoms with E-state index in [1.807, 2.05) is 0 Å². The summed E-state index contributed by atoms with van der Waals surface area (Å²) in [5.74, 6) is 1.62. The average Bonchev–Trinajstić information content (AvgIpc) is 2.63. The Labute approximate surface area is 111 Å². The summed E-state index contributed by atoms with van der Waals surface area (Å²) in [6.07, 6.45) is 8.01. The Balaban J connectivity index is 1.82. The van der Waals surface area contributed by atoms with E-state index < -0.39 is 0 Å². The summed E-state index contributed by atoms with van der Waals surface area (Å²) >= 11 is 0. The van der Waals surface area contributed by atoms with Crippen LogP contribution in [-0.4, -0.2) is 25.0 Å². The zero-order chi connectivity index (χ0) is 13.0. The second-order valence-electron chi connectivity index (χ2n) is 6.29. The van der Waals surface area contributed by atoms with Gasteiger partial charge in [0.15, 0.2) is 0 Å². The first kappa shape index (κ1) is 13.9. The van der Waals surface area contributed by atoms with Gasteiger partial charge in [0.25, 0.3) is 0 Å². The number of nitrogens with one attached hydrogen (secondary N) is 2. The number of carbonyl (C=O) groups excluding carboxylic acids is 1. The van der Waals surface area contributed by atoms with Crippen molar-refractivity contribution in [2.24, 2.45) is 17.8 Å². The number of amides is 1. The smallest absolute Gasteiger partial charge is 0.224 e. The van der Waals surface area contributed by atoms with Gasteiger partial charge in [-0.05, 0) is 38.1 Å². The molecule has 3 heteroatoms. The van der Waals surface area contributed by atoms with Crippen LogP contribution < -0.4 is 10.6 Å². The summed E-state index contributed by atoms with van der Waals surface area (Å²) in [6.45, 7) is 6.20. The Bertz CT molecular complexity index is 272. The second-order valence-corrected chi connectivity index (χ2v) is 6.29. The van der Waals surface area contributed by atoms with E-state index in [4.69, 9.17) is 0 Å². The summed E-state index contributed by atoms with van der Waals surface area (Å²) in [4.78, 5) is 12.2. The topological polar surface area (TPSA) is 41.1 Å². The van der Waals surface area contributed by atoms with E-state index in [0.717, 1.165) is 13.1 Å². The van der Waals surface area contributed by atoms with E-state index in [-0.39, 0.29) is 11.8 Å². The maximum Gasteiger partial charge on any atom is 0.224 e. The van der Waals surface area contributed by atoms with Crippen molar-refractivity contribution in [3.8, 4) is 0 Å². The van der Waals surface area contributed by atoms with Gasteiger partial charge in [0.1, 0.15) is 0 Å². The van der Waals surface area contributed by atoms with E-state index in [2.05, 4.69) is 24.5 Å². The summed E-state index contributed by atoms with van der Waals surface area (Å²) in [7, 11) is 0. The van der Waals surface area contributed by atoms with Gasteiger partial charge in [-0.2, -0.15) is 0 Å². The monoisotopic (exact) mass is 252 g/mol. The van der Waals surface area contributed by atoms with Crippen LogP contribution in [0.15, 0.2) is 0 Å². The second kappa shape index (κ2) is 6.55. The molecule has 3 atom stereocenters. The van der Waals surface area contributed by atoms with Crippen molar-refractivity contribution in [2.45, 2.75) is 58.4 Å². The molecule has 1 heterocycles. The van der Waals surface area contributed by atoms with Crippen molar-refractivity contribution >= 4 is 5.91 Å². The summed E-state index contributed by atoms with van der Waals surface area (Å²) in [6, 6.07) is 0.350. The van der Waals surface area contributed by atoms with Gasteiger partial charge in [0.2, 0.25) is 5.91 Å². The molecule has 0 aromatic heterocycles. The molecule has 18 heavy (non-hydrogen) atoms. The lowest BCUT2D eigenvalue weighted by molar-refractivity contribution is -0.126. The van der Waals surface area contributed by atoms with Crippen molar-refractivity contribution in [3.63, 3.8) is 0 Å². The molecule has 1 aliphatic carbocycles. The van der Waals surface area contributed by atoms with Gasteiger partial charge in [-0.1, -0.05) is 32.6 Å². The van der Waals surface area contributed by atoms with Gasteiger partial charge < -0.3 is 10.6 Å². The van der Waals surface area contributed by atoms with Crippen LogP contribution in [0.25, 0.3) is 0 Å². The lowest BCUT2D eigenvalue weighted by Crippen LogP contribution is -2.43. The maximum atomic E-state index is 12.2. The van der Waals surface area contributed by atoms with Gasteiger partial charge >= 0.3 is 0 Å². The van der Waals surface area contributed by atoms with Crippen molar-refractivity contribution in [2.75, 3.05) is 13.1 Å². The highest BCUT2D eigenvalue weighted by atomic mass is 16.2. The molecule has 1 amide bonds. The molecular weight excluding hydrogens is 224 g/mol. The van der Waals surface area contributed by atoms with Crippen LogP contribution in [0.1, 0.15) is 52.4 Å². The summed E-state index contributed by atoms with van der Waals surface area (Å²) in [5.41, 5.74) is 0. The van der Waals surface area contributed by atoms with Gasteiger partial charge in [-0.25, -0.2) is 0 Å². The van der Waals surface area contributed by atoms with Crippen LogP contribution >= 0.6 is 0 Å². The quantitative estimate of drug-likeness (QED) is 0.757. The molecule has 1 aliphatic heterocycles. The maximum absolute atomic E-state index is 12.2. The molecule has 1 saturated carbocycles. The molecule has 104 valence electrons. The third-order valence-corrected chi connectivity index (χ3v) is 4.83. The number of rotatable bonds is 3. The Morgan fingerprint density at radius 3 is 2.39 bits per heavy atom. The zero-order valence-corrected chi connectivity index (χ0v) is 11.9. The molecule has 3 nitrogen and oxygen atoms in total. The van der Waals surface area contributed by atoms with E-state index in [9.17, 15) is 4.79 Å². The molecule has 2 rings (SSSR count). The fourth-order valence-electron chi connectivity index (χ4n) is 3.42. The zero-order valence-electron chi connectivity index (χ0n) is 11.9. The summed E-state index contributed by atoms with van der Waals surface area (Å²) in [5, 5.41) is 6.58. The molecule has 2 fully saturated rings. The predicted molar refractivity (Wildman–Crippen MR) is 74.3 cm³/mol. The van der Waals surface area contributed by atoms with Gasteiger partial charge in [-0.3, -0.25) is 4.79 Å². The molecular formula is C15H28N2O. The predicted octanol–water partition coefficient (Wildman–Crippen LogP) is 2.32. The van der Waals surface area contributed by atoms with Crippen molar-refractivity contribution in [1.82, 2.24) is 10.6 Å². The van der Waals surface area contributed by atoms with Crippen LogP contribution in [0.3, 0.4) is 0 Å². The molecule has 2 aliphatic rings. The average molecular weight is 252 g/mol. The molecule has 0 bridgehead atoms. The highest BCUT2D eigenvalue weighted by molar-refractivity contribution is 5.79. The fraction of sp³-hybridized carbons (Fsp3) is 0.933. The number of hydrogen-bond donors (Lipinski definition) is 2. The number of hydrogen-bond acceptors (Lipinski definition) is 2. The molecule has 0 radical (unpaired) electrons. The molecule has 2 unspecified atom stereocenters. The standard InChI is InChI=1S/C15H28N2O/c1-11-9-16-10-14(11)15(18)17-12(2)13-7-5-3-4-6-8-13/h11-14,16H,3-10H2,1-2H3,(H,17,18)/t11?,12-,14?/m1/s1. The van der Waals surface area contributed by atoms with Crippen LogP contribution in [0.2, 0.25) is 0 Å². The molecule has 0 spiro atoms. The first-order chi connectivity index (χ1) is 8.68. The highest BCUT2D eigenvalue weighted by Gasteiger charge is 2.31. The van der Waals surface area contributed by atoms with E-state index in [0.29, 0.717) is 17.9 Å². The number of carbonyl (C=O) groups is 1. The Hall–Kier alpha value is -0.570. The Morgan fingerprint density at radius 2 is 1.83 bits per heavy atom. The van der Waals surface area contributed by atoms with Gasteiger partial charge in [0.05, 0.1) is 5.92 Å². The summed E-state index contributed by atoms with van der Waals surface area (Å²) < 4.78 is 0. The molecule has 2 N–H and O–H groups in total. The van der Waals surface area contributed by atoms with E-state index in [1.54, 1.807) is 0 Å². The third kappa shape index (κ3) is 3.47. The van der Waals surface area contributed by atoms with Gasteiger partial charge in [0, 0.05) is 12.6 Å². The minimum absolute atomic E-state index is 0.179. The first-order valence-corrected chi connectivity index (χ1v) is 7.69. The largest absolute Gasteiger partial charge is 0.353 e.